The highest BCUT2D eigenvalue weighted by Gasteiger charge is 2.23. The normalized spacial score (nSPS) is 15.8. The van der Waals surface area contributed by atoms with Crippen molar-refractivity contribution in [2.45, 2.75) is 25.0 Å². The van der Waals surface area contributed by atoms with Crippen molar-refractivity contribution in [3.63, 3.8) is 0 Å². The lowest BCUT2D eigenvalue weighted by molar-refractivity contribution is 0.303. The number of nitrogens with one attached hydrogen (secondary N) is 1. The number of hydrogen-bond donors (Lipinski definition) is 1. The molecule has 0 saturated heterocycles. The molecule has 0 aromatic heterocycles. The van der Waals surface area contributed by atoms with E-state index in [1.807, 2.05) is 37.4 Å². The Bertz CT molecular complexity index is 625. The summed E-state index contributed by atoms with van der Waals surface area (Å²) < 4.78 is 20.5. The molecule has 0 heterocycles. The molecule has 110 valence electrons. The highest BCUT2D eigenvalue weighted by molar-refractivity contribution is 9.10. The van der Waals surface area contributed by atoms with Gasteiger partial charge in [-0.2, -0.15) is 0 Å². The molecule has 0 aliphatic heterocycles. The van der Waals surface area contributed by atoms with Crippen LogP contribution < -0.4 is 10.1 Å². The number of hydrogen-bond acceptors (Lipinski definition) is 2. The average Bonchev–Trinajstić information content (AvgIpc) is 3.30. The van der Waals surface area contributed by atoms with E-state index in [1.54, 1.807) is 12.1 Å². The smallest absolute Gasteiger partial charge is 0.142 e. The largest absolute Gasteiger partial charge is 0.490 e. The van der Waals surface area contributed by atoms with Crippen molar-refractivity contribution >= 4 is 15.9 Å². The van der Waals surface area contributed by atoms with E-state index in [0.717, 1.165) is 24.2 Å². The van der Waals surface area contributed by atoms with Crippen molar-refractivity contribution in [1.29, 1.82) is 0 Å². The Morgan fingerprint density at radius 3 is 2.52 bits per heavy atom. The lowest BCUT2D eigenvalue weighted by Crippen LogP contribution is -2.19. The number of rotatable bonds is 5. The molecule has 3 rings (SSSR count). The maximum absolute atomic E-state index is 14.3. The topological polar surface area (TPSA) is 21.3 Å². The summed E-state index contributed by atoms with van der Waals surface area (Å²) in [7, 11) is 1.83. The van der Waals surface area contributed by atoms with Gasteiger partial charge in [0.1, 0.15) is 11.6 Å². The van der Waals surface area contributed by atoms with E-state index < -0.39 is 0 Å². The van der Waals surface area contributed by atoms with Crippen LogP contribution in [0.3, 0.4) is 0 Å². The summed E-state index contributed by atoms with van der Waals surface area (Å²) in [5.74, 6) is 0.654. The van der Waals surface area contributed by atoms with Gasteiger partial charge in [-0.1, -0.05) is 24.3 Å². The molecule has 1 unspecified atom stereocenters. The highest BCUT2D eigenvalue weighted by atomic mass is 79.9. The van der Waals surface area contributed by atoms with Crippen molar-refractivity contribution in [2.24, 2.45) is 0 Å². The van der Waals surface area contributed by atoms with Gasteiger partial charge in [0.2, 0.25) is 0 Å². The summed E-state index contributed by atoms with van der Waals surface area (Å²) in [5.41, 5.74) is 1.64. The first kappa shape index (κ1) is 14.5. The van der Waals surface area contributed by atoms with E-state index in [0.29, 0.717) is 16.1 Å². The SMILES string of the molecule is CNC(c1ccc(OC2CC2)cc1)c1cccc(Br)c1F. The lowest BCUT2D eigenvalue weighted by Gasteiger charge is -2.19. The maximum atomic E-state index is 14.3. The minimum Gasteiger partial charge on any atom is -0.490 e. The second kappa shape index (κ2) is 6.16. The molecule has 1 aliphatic rings. The van der Waals surface area contributed by atoms with Crippen LogP contribution in [0.15, 0.2) is 46.9 Å². The zero-order chi connectivity index (χ0) is 14.8. The Hall–Kier alpha value is -1.39. The van der Waals surface area contributed by atoms with Gasteiger partial charge in [-0.05, 0) is 59.6 Å². The van der Waals surface area contributed by atoms with Crippen molar-refractivity contribution in [2.75, 3.05) is 7.05 Å². The van der Waals surface area contributed by atoms with Crippen LogP contribution in [0.25, 0.3) is 0 Å². The molecule has 2 aromatic carbocycles. The Morgan fingerprint density at radius 1 is 1.19 bits per heavy atom. The minimum atomic E-state index is -0.227. The standard InChI is InChI=1S/C17H17BrFNO/c1-20-17(14-3-2-4-15(18)16(14)19)11-5-7-12(8-6-11)21-13-9-10-13/h2-8,13,17,20H,9-10H2,1H3. The Labute approximate surface area is 132 Å². The van der Waals surface area contributed by atoms with Crippen LogP contribution >= 0.6 is 15.9 Å². The molecule has 1 saturated carbocycles. The fraction of sp³-hybridized carbons (Fsp3) is 0.294. The van der Waals surface area contributed by atoms with Crippen molar-refractivity contribution in [3.8, 4) is 5.75 Å². The van der Waals surface area contributed by atoms with Gasteiger partial charge in [0, 0.05) is 5.56 Å². The van der Waals surface area contributed by atoms with Gasteiger partial charge >= 0.3 is 0 Å². The molecule has 0 bridgehead atoms. The minimum absolute atomic E-state index is 0.183. The van der Waals surface area contributed by atoms with E-state index in [-0.39, 0.29) is 11.9 Å². The molecule has 4 heteroatoms. The molecule has 21 heavy (non-hydrogen) atoms. The molecule has 0 amide bonds. The number of halogens is 2. The third-order valence-corrected chi connectivity index (χ3v) is 4.23. The van der Waals surface area contributed by atoms with Crippen molar-refractivity contribution in [1.82, 2.24) is 5.32 Å². The van der Waals surface area contributed by atoms with Crippen molar-refractivity contribution in [3.05, 3.63) is 63.9 Å². The summed E-state index contributed by atoms with van der Waals surface area (Å²) in [5, 5.41) is 3.17. The van der Waals surface area contributed by atoms with Gasteiger partial charge in [0.15, 0.2) is 0 Å². The molecule has 1 atom stereocenters. The molecule has 1 fully saturated rings. The fourth-order valence-electron chi connectivity index (χ4n) is 2.36. The lowest BCUT2D eigenvalue weighted by atomic mass is 9.98. The summed E-state index contributed by atoms with van der Waals surface area (Å²) >= 11 is 3.24. The molecule has 0 spiro atoms. The summed E-state index contributed by atoms with van der Waals surface area (Å²) in [6.07, 6.45) is 2.67. The Kier molecular flexibility index (Phi) is 4.27. The number of benzene rings is 2. The maximum Gasteiger partial charge on any atom is 0.142 e. The van der Waals surface area contributed by atoms with E-state index in [1.165, 1.54) is 0 Å². The second-order valence-electron chi connectivity index (χ2n) is 5.25. The van der Waals surface area contributed by atoms with E-state index in [9.17, 15) is 4.39 Å². The van der Waals surface area contributed by atoms with Crippen LogP contribution in [0.2, 0.25) is 0 Å². The second-order valence-corrected chi connectivity index (χ2v) is 6.11. The third-order valence-electron chi connectivity index (χ3n) is 3.62. The zero-order valence-corrected chi connectivity index (χ0v) is 13.4. The summed E-state index contributed by atoms with van der Waals surface area (Å²) in [4.78, 5) is 0. The van der Waals surface area contributed by atoms with Gasteiger partial charge in [0.05, 0.1) is 16.6 Å². The molecular formula is C17H17BrFNO. The monoisotopic (exact) mass is 349 g/mol. The van der Waals surface area contributed by atoms with Crippen LogP contribution in [0, 0.1) is 5.82 Å². The Morgan fingerprint density at radius 2 is 1.90 bits per heavy atom. The predicted molar refractivity (Wildman–Crippen MR) is 85.1 cm³/mol. The zero-order valence-electron chi connectivity index (χ0n) is 11.8. The third kappa shape index (κ3) is 3.27. The molecular weight excluding hydrogens is 333 g/mol. The first-order chi connectivity index (χ1) is 10.2. The first-order valence-electron chi connectivity index (χ1n) is 7.07. The van der Waals surface area contributed by atoms with E-state index in [2.05, 4.69) is 21.2 Å². The van der Waals surface area contributed by atoms with Crippen LogP contribution in [0.1, 0.15) is 30.0 Å². The molecule has 1 aliphatic carbocycles. The van der Waals surface area contributed by atoms with Crippen molar-refractivity contribution < 1.29 is 9.13 Å². The summed E-state index contributed by atoms with van der Waals surface area (Å²) in [6, 6.07) is 13.0. The van der Waals surface area contributed by atoms with Crippen LogP contribution in [0.5, 0.6) is 5.75 Å². The molecule has 2 aromatic rings. The van der Waals surface area contributed by atoms with E-state index in [4.69, 9.17) is 4.74 Å². The van der Waals surface area contributed by atoms with Gasteiger partial charge < -0.3 is 10.1 Å². The fourth-order valence-corrected chi connectivity index (χ4v) is 2.74. The van der Waals surface area contributed by atoms with Crippen LogP contribution in [-0.2, 0) is 0 Å². The predicted octanol–water partition coefficient (Wildman–Crippen LogP) is 4.44. The van der Waals surface area contributed by atoms with Crippen LogP contribution in [0.4, 0.5) is 4.39 Å². The van der Waals surface area contributed by atoms with Gasteiger partial charge in [-0.25, -0.2) is 4.39 Å². The molecule has 2 nitrogen and oxygen atoms in total. The van der Waals surface area contributed by atoms with E-state index >= 15 is 0 Å². The number of ether oxygens (including phenoxy) is 1. The Balaban J connectivity index is 1.86. The highest BCUT2D eigenvalue weighted by Crippen LogP contribution is 2.31. The molecule has 0 radical (unpaired) electrons. The van der Waals surface area contributed by atoms with Gasteiger partial charge in [0.25, 0.3) is 0 Å². The first-order valence-corrected chi connectivity index (χ1v) is 7.86. The van der Waals surface area contributed by atoms with Gasteiger partial charge in [-0.3, -0.25) is 0 Å². The van der Waals surface area contributed by atoms with Crippen LogP contribution in [-0.4, -0.2) is 13.2 Å². The molecule has 1 N–H and O–H groups in total. The van der Waals surface area contributed by atoms with Gasteiger partial charge in [-0.15, -0.1) is 0 Å². The summed E-state index contributed by atoms with van der Waals surface area (Å²) in [6.45, 7) is 0. The average molecular weight is 350 g/mol. The quantitative estimate of drug-likeness (QED) is 0.861.